The van der Waals surface area contributed by atoms with Crippen molar-refractivity contribution in [3.63, 3.8) is 0 Å². The Kier molecular flexibility index (Phi) is 3.20. The standard InChI is InChI=1S/C20H16FN2O/c1-22-12-11-14-13-7-4-6-10-17(13)23(2)18(14)19(22)20(24)15-8-3-5-9-16(15)21/h3-12H,1-2H3/q+1. The maximum Gasteiger partial charge on any atom is 0.278 e. The van der Waals surface area contributed by atoms with Gasteiger partial charge in [0.05, 0.1) is 5.56 Å². The van der Waals surface area contributed by atoms with Gasteiger partial charge in [-0.2, -0.15) is 4.57 Å². The molecule has 0 aliphatic carbocycles. The number of para-hydroxylation sites is 1. The molecule has 0 radical (unpaired) electrons. The number of fused-ring (bicyclic) bond motifs is 3. The molecule has 0 atom stereocenters. The third-order valence-electron chi connectivity index (χ3n) is 4.52. The van der Waals surface area contributed by atoms with E-state index in [1.807, 2.05) is 55.2 Å². The van der Waals surface area contributed by atoms with Gasteiger partial charge in [0.25, 0.3) is 11.5 Å². The highest BCUT2D eigenvalue weighted by Gasteiger charge is 2.28. The molecule has 0 N–H and O–H groups in total. The Morgan fingerprint density at radius 1 is 1.00 bits per heavy atom. The second-order valence-corrected chi connectivity index (χ2v) is 5.92. The van der Waals surface area contributed by atoms with Crippen LogP contribution in [0.5, 0.6) is 0 Å². The number of halogens is 1. The molecule has 0 aliphatic heterocycles. The van der Waals surface area contributed by atoms with Crippen LogP contribution in [-0.2, 0) is 14.1 Å². The minimum atomic E-state index is -0.502. The van der Waals surface area contributed by atoms with Crippen molar-refractivity contribution in [1.29, 1.82) is 0 Å². The summed E-state index contributed by atoms with van der Waals surface area (Å²) >= 11 is 0. The van der Waals surface area contributed by atoms with Crippen LogP contribution in [0.2, 0.25) is 0 Å². The maximum atomic E-state index is 14.1. The van der Waals surface area contributed by atoms with E-state index in [1.165, 1.54) is 12.1 Å². The molecule has 2 aromatic carbocycles. The molecule has 0 bridgehead atoms. The lowest BCUT2D eigenvalue weighted by Gasteiger charge is -2.05. The maximum absolute atomic E-state index is 14.1. The summed E-state index contributed by atoms with van der Waals surface area (Å²) in [5.41, 5.74) is 2.43. The third kappa shape index (κ3) is 1.96. The summed E-state index contributed by atoms with van der Waals surface area (Å²) in [5.74, 6) is -0.814. The molecule has 0 amide bonds. The van der Waals surface area contributed by atoms with Crippen LogP contribution in [0.3, 0.4) is 0 Å². The number of pyridine rings is 1. The van der Waals surface area contributed by atoms with Gasteiger partial charge in [-0.25, -0.2) is 4.39 Å². The predicted octanol–water partition coefficient (Wildman–Crippen LogP) is 3.53. The fraction of sp³-hybridized carbons (Fsp3) is 0.100. The fourth-order valence-electron chi connectivity index (χ4n) is 3.35. The van der Waals surface area contributed by atoms with Crippen LogP contribution in [0.4, 0.5) is 4.39 Å². The van der Waals surface area contributed by atoms with Gasteiger partial charge in [0.1, 0.15) is 18.4 Å². The van der Waals surface area contributed by atoms with Crippen LogP contribution in [-0.4, -0.2) is 10.4 Å². The number of aryl methyl sites for hydroxylation is 2. The van der Waals surface area contributed by atoms with Crippen LogP contribution in [0.1, 0.15) is 16.1 Å². The van der Waals surface area contributed by atoms with Gasteiger partial charge in [0.2, 0.25) is 0 Å². The summed E-state index contributed by atoms with van der Waals surface area (Å²) in [6, 6.07) is 16.1. The van der Waals surface area contributed by atoms with Crippen LogP contribution in [0, 0.1) is 5.82 Å². The topological polar surface area (TPSA) is 25.9 Å². The van der Waals surface area contributed by atoms with Crippen LogP contribution < -0.4 is 4.57 Å². The molecule has 24 heavy (non-hydrogen) atoms. The minimum absolute atomic E-state index is 0.0888. The monoisotopic (exact) mass is 319 g/mol. The lowest BCUT2D eigenvalue weighted by molar-refractivity contribution is -0.672. The molecular formula is C20H16FN2O+. The minimum Gasteiger partial charge on any atom is -0.338 e. The van der Waals surface area contributed by atoms with E-state index in [0.717, 1.165) is 21.8 Å². The van der Waals surface area contributed by atoms with Crippen LogP contribution in [0.25, 0.3) is 21.8 Å². The first-order valence-electron chi connectivity index (χ1n) is 7.74. The van der Waals surface area contributed by atoms with E-state index < -0.39 is 5.82 Å². The normalized spacial score (nSPS) is 11.3. The highest BCUT2D eigenvalue weighted by Crippen LogP contribution is 2.29. The molecule has 4 rings (SSSR count). The lowest BCUT2D eigenvalue weighted by Crippen LogP contribution is -2.36. The highest BCUT2D eigenvalue weighted by atomic mass is 19.1. The summed E-state index contributed by atoms with van der Waals surface area (Å²) in [5, 5.41) is 2.07. The Balaban J connectivity index is 2.10. The van der Waals surface area contributed by atoms with E-state index >= 15 is 0 Å². The fourth-order valence-corrected chi connectivity index (χ4v) is 3.35. The molecule has 3 nitrogen and oxygen atoms in total. The van der Waals surface area contributed by atoms with Gasteiger partial charge < -0.3 is 4.57 Å². The average Bonchev–Trinajstić information content (AvgIpc) is 2.88. The van der Waals surface area contributed by atoms with Crippen molar-refractivity contribution >= 4 is 27.6 Å². The van der Waals surface area contributed by atoms with Crippen molar-refractivity contribution in [2.45, 2.75) is 0 Å². The highest BCUT2D eigenvalue weighted by molar-refractivity contribution is 6.18. The lowest BCUT2D eigenvalue weighted by atomic mass is 10.0. The Bertz CT molecular complexity index is 1110. The number of carbonyl (C=O) groups is 1. The smallest absolute Gasteiger partial charge is 0.278 e. The molecular weight excluding hydrogens is 303 g/mol. The van der Waals surface area contributed by atoms with Gasteiger partial charge in [-0.15, -0.1) is 0 Å². The van der Waals surface area contributed by atoms with E-state index in [-0.39, 0.29) is 11.3 Å². The second-order valence-electron chi connectivity index (χ2n) is 5.92. The zero-order valence-electron chi connectivity index (χ0n) is 13.5. The number of rotatable bonds is 2. The molecule has 0 saturated carbocycles. The summed E-state index contributed by atoms with van der Waals surface area (Å²) < 4.78 is 17.9. The number of hydrogen-bond donors (Lipinski definition) is 0. The zero-order chi connectivity index (χ0) is 16.8. The number of hydrogen-bond acceptors (Lipinski definition) is 1. The Labute approximate surface area is 138 Å². The van der Waals surface area contributed by atoms with Gasteiger partial charge in [-0.3, -0.25) is 4.79 Å². The Morgan fingerprint density at radius 2 is 1.71 bits per heavy atom. The first-order valence-corrected chi connectivity index (χ1v) is 7.74. The largest absolute Gasteiger partial charge is 0.338 e. The van der Waals surface area contributed by atoms with Gasteiger partial charge in [-0.05, 0) is 18.2 Å². The second kappa shape index (κ2) is 5.27. The molecule has 0 saturated heterocycles. The molecule has 4 aromatic rings. The van der Waals surface area contributed by atoms with E-state index in [9.17, 15) is 9.18 Å². The summed E-state index contributed by atoms with van der Waals surface area (Å²) in [4.78, 5) is 13.1. The average molecular weight is 319 g/mol. The summed E-state index contributed by atoms with van der Waals surface area (Å²) in [7, 11) is 3.74. The SMILES string of the molecule is Cn1c2ccccc2c2cc[n+](C)c(C(=O)c3ccccc3F)c21. The van der Waals surface area contributed by atoms with Crippen LogP contribution in [0.15, 0.2) is 60.8 Å². The van der Waals surface area contributed by atoms with Crippen molar-refractivity contribution < 1.29 is 13.8 Å². The molecule has 0 aliphatic rings. The van der Waals surface area contributed by atoms with Crippen molar-refractivity contribution in [3.05, 3.63) is 77.9 Å². The molecule has 0 unspecified atom stereocenters. The van der Waals surface area contributed by atoms with Crippen molar-refractivity contribution in [2.75, 3.05) is 0 Å². The predicted molar refractivity (Wildman–Crippen MR) is 91.4 cm³/mol. The summed E-state index contributed by atoms with van der Waals surface area (Å²) in [6.45, 7) is 0. The van der Waals surface area contributed by atoms with Gasteiger partial charge in [0, 0.05) is 29.4 Å². The number of carbonyl (C=O) groups excluding carboxylic acids is 1. The number of benzene rings is 2. The zero-order valence-corrected chi connectivity index (χ0v) is 13.5. The van der Waals surface area contributed by atoms with Gasteiger partial charge in [-0.1, -0.05) is 30.3 Å². The van der Waals surface area contributed by atoms with E-state index in [2.05, 4.69) is 0 Å². The van der Waals surface area contributed by atoms with Crippen molar-refractivity contribution in [3.8, 4) is 0 Å². The van der Waals surface area contributed by atoms with Gasteiger partial charge >= 0.3 is 0 Å². The Hall–Kier alpha value is -3.01. The van der Waals surface area contributed by atoms with Gasteiger partial charge in [0.15, 0.2) is 6.20 Å². The van der Waals surface area contributed by atoms with E-state index in [1.54, 1.807) is 16.7 Å². The number of aromatic nitrogens is 2. The summed E-state index contributed by atoms with van der Waals surface area (Å²) in [6.07, 6.45) is 1.85. The molecule has 4 heteroatoms. The van der Waals surface area contributed by atoms with Crippen molar-refractivity contribution in [2.24, 2.45) is 14.1 Å². The van der Waals surface area contributed by atoms with Crippen molar-refractivity contribution in [1.82, 2.24) is 4.57 Å². The molecule has 0 fully saturated rings. The molecule has 2 heterocycles. The molecule has 2 aromatic heterocycles. The third-order valence-corrected chi connectivity index (χ3v) is 4.52. The number of ketones is 1. The van der Waals surface area contributed by atoms with Crippen LogP contribution >= 0.6 is 0 Å². The first kappa shape index (κ1) is 14.6. The number of nitrogens with zero attached hydrogens (tertiary/aromatic N) is 2. The Morgan fingerprint density at radius 3 is 2.50 bits per heavy atom. The van der Waals surface area contributed by atoms with E-state index in [4.69, 9.17) is 0 Å². The molecule has 118 valence electrons. The quantitative estimate of drug-likeness (QED) is 0.410. The first-order chi connectivity index (χ1) is 11.6. The van der Waals surface area contributed by atoms with E-state index in [0.29, 0.717) is 5.69 Å². The molecule has 0 spiro atoms.